The zero-order valence-corrected chi connectivity index (χ0v) is 11.6. The minimum atomic E-state index is -1.44. The fraction of sp³-hybridized carbons (Fsp3) is 0.357. The van der Waals surface area contributed by atoms with Crippen molar-refractivity contribution in [2.75, 3.05) is 0 Å². The third kappa shape index (κ3) is 2.71. The molecule has 20 heavy (non-hydrogen) atoms. The molecule has 0 spiro atoms. The summed E-state index contributed by atoms with van der Waals surface area (Å²) in [4.78, 5) is 4.37. The Hall–Kier alpha value is -1.40. The van der Waals surface area contributed by atoms with Crippen molar-refractivity contribution in [3.8, 4) is 0 Å². The van der Waals surface area contributed by atoms with Gasteiger partial charge in [-0.3, -0.25) is 0 Å². The Bertz CT molecular complexity index is 614. The van der Waals surface area contributed by atoms with Gasteiger partial charge in [0.05, 0.1) is 6.04 Å². The summed E-state index contributed by atoms with van der Waals surface area (Å²) in [6, 6.07) is 2.01. The van der Waals surface area contributed by atoms with Crippen molar-refractivity contribution in [1.82, 2.24) is 10.3 Å². The van der Waals surface area contributed by atoms with E-state index in [1.165, 1.54) is 11.3 Å². The van der Waals surface area contributed by atoms with Crippen LogP contribution >= 0.6 is 11.3 Å². The number of aryl methyl sites for hydroxylation is 1. The number of hydrogen-bond donors (Lipinski definition) is 1. The molecule has 2 aromatic rings. The molecule has 1 unspecified atom stereocenters. The second-order valence-electron chi connectivity index (χ2n) is 5.00. The number of halogens is 3. The SMILES string of the molecule is Cc1csc(C(NC2CC2)c2cc(F)c(F)c(F)c2)n1. The van der Waals surface area contributed by atoms with Crippen LogP contribution in [-0.4, -0.2) is 11.0 Å². The van der Waals surface area contributed by atoms with E-state index in [4.69, 9.17) is 0 Å². The molecular formula is C14H13F3N2S. The largest absolute Gasteiger partial charge is 0.301 e. The summed E-state index contributed by atoms with van der Waals surface area (Å²) < 4.78 is 39.9. The Morgan fingerprint density at radius 2 is 1.90 bits per heavy atom. The molecule has 6 heteroatoms. The average molecular weight is 298 g/mol. The van der Waals surface area contributed by atoms with Gasteiger partial charge in [-0.1, -0.05) is 0 Å². The van der Waals surface area contributed by atoms with Crippen molar-refractivity contribution in [1.29, 1.82) is 0 Å². The molecule has 0 bridgehead atoms. The molecule has 2 nitrogen and oxygen atoms in total. The van der Waals surface area contributed by atoms with Gasteiger partial charge in [-0.2, -0.15) is 0 Å². The second-order valence-corrected chi connectivity index (χ2v) is 5.89. The number of nitrogens with one attached hydrogen (secondary N) is 1. The van der Waals surface area contributed by atoms with Gasteiger partial charge in [0.1, 0.15) is 5.01 Å². The van der Waals surface area contributed by atoms with Gasteiger partial charge in [0, 0.05) is 17.1 Å². The van der Waals surface area contributed by atoms with E-state index in [0.717, 1.165) is 35.7 Å². The molecule has 1 heterocycles. The number of benzene rings is 1. The predicted octanol–water partition coefficient (Wildman–Crippen LogP) is 3.71. The van der Waals surface area contributed by atoms with Crippen LogP contribution in [0, 0.1) is 24.4 Å². The van der Waals surface area contributed by atoms with Gasteiger partial charge in [0.25, 0.3) is 0 Å². The number of hydrogen-bond acceptors (Lipinski definition) is 3. The van der Waals surface area contributed by atoms with E-state index < -0.39 is 23.5 Å². The summed E-state index contributed by atoms with van der Waals surface area (Å²) in [7, 11) is 0. The predicted molar refractivity (Wildman–Crippen MR) is 71.2 cm³/mol. The van der Waals surface area contributed by atoms with Gasteiger partial charge in [0.2, 0.25) is 0 Å². The fourth-order valence-electron chi connectivity index (χ4n) is 2.04. The number of rotatable bonds is 4. The van der Waals surface area contributed by atoms with Gasteiger partial charge in [0.15, 0.2) is 17.5 Å². The van der Waals surface area contributed by atoms with Crippen LogP contribution in [0.5, 0.6) is 0 Å². The van der Waals surface area contributed by atoms with Gasteiger partial charge >= 0.3 is 0 Å². The van der Waals surface area contributed by atoms with Crippen LogP contribution in [0.25, 0.3) is 0 Å². The monoisotopic (exact) mass is 298 g/mol. The molecule has 3 rings (SSSR count). The summed E-state index contributed by atoms with van der Waals surface area (Å²) in [5.41, 5.74) is 1.22. The summed E-state index contributed by atoms with van der Waals surface area (Å²) >= 11 is 1.43. The van der Waals surface area contributed by atoms with E-state index in [0.29, 0.717) is 11.6 Å². The first-order valence-electron chi connectivity index (χ1n) is 6.37. The standard InChI is InChI=1S/C14H13F3N2S/c1-7-6-20-14(18-7)13(19-9-2-3-9)8-4-10(15)12(17)11(16)5-8/h4-6,9,13,19H,2-3H2,1H3. The lowest BCUT2D eigenvalue weighted by atomic mass is 10.1. The van der Waals surface area contributed by atoms with E-state index in [9.17, 15) is 13.2 Å². The first-order chi connectivity index (χ1) is 9.54. The van der Waals surface area contributed by atoms with Crippen molar-refractivity contribution in [2.24, 2.45) is 0 Å². The molecule has 1 N–H and O–H groups in total. The lowest BCUT2D eigenvalue weighted by Gasteiger charge is -2.17. The third-order valence-corrected chi connectivity index (χ3v) is 4.23. The smallest absolute Gasteiger partial charge is 0.194 e. The lowest BCUT2D eigenvalue weighted by molar-refractivity contribution is 0.442. The van der Waals surface area contributed by atoms with E-state index in [1.54, 1.807) is 0 Å². The van der Waals surface area contributed by atoms with Crippen LogP contribution in [0.4, 0.5) is 13.2 Å². The van der Waals surface area contributed by atoms with Crippen LogP contribution in [0.15, 0.2) is 17.5 Å². The Kier molecular flexibility index (Phi) is 3.52. The second kappa shape index (κ2) is 5.18. The van der Waals surface area contributed by atoms with Crippen LogP contribution in [0.2, 0.25) is 0 Å². The first kappa shape index (κ1) is 13.6. The van der Waals surface area contributed by atoms with Crippen molar-refractivity contribution in [2.45, 2.75) is 31.8 Å². The molecule has 1 saturated carbocycles. The summed E-state index contributed by atoms with van der Waals surface area (Å²) in [5.74, 6) is -3.78. The Morgan fingerprint density at radius 1 is 1.25 bits per heavy atom. The van der Waals surface area contributed by atoms with Crippen LogP contribution in [-0.2, 0) is 0 Å². The average Bonchev–Trinajstić information content (AvgIpc) is 3.13. The first-order valence-corrected chi connectivity index (χ1v) is 7.25. The normalized spacial score (nSPS) is 16.4. The molecule has 1 aromatic heterocycles. The zero-order valence-electron chi connectivity index (χ0n) is 10.8. The lowest BCUT2D eigenvalue weighted by Crippen LogP contribution is -2.24. The minimum absolute atomic E-state index is 0.334. The molecule has 1 atom stereocenters. The maximum atomic E-state index is 13.4. The van der Waals surface area contributed by atoms with E-state index in [1.807, 2.05) is 12.3 Å². The Labute approximate surface area is 118 Å². The van der Waals surface area contributed by atoms with Crippen molar-refractivity contribution in [3.05, 3.63) is 51.2 Å². The summed E-state index contributed by atoms with van der Waals surface area (Å²) in [6.07, 6.45) is 2.07. The highest BCUT2D eigenvalue weighted by molar-refractivity contribution is 7.09. The molecule has 0 aliphatic heterocycles. The van der Waals surface area contributed by atoms with E-state index in [-0.39, 0.29) is 0 Å². The highest BCUT2D eigenvalue weighted by Crippen LogP contribution is 2.31. The minimum Gasteiger partial charge on any atom is -0.301 e. The summed E-state index contributed by atoms with van der Waals surface area (Å²) in [5, 5.41) is 5.92. The van der Waals surface area contributed by atoms with Crippen LogP contribution in [0.3, 0.4) is 0 Å². The fourth-order valence-corrected chi connectivity index (χ4v) is 2.92. The quantitative estimate of drug-likeness (QED) is 0.870. The topological polar surface area (TPSA) is 24.9 Å². The Balaban J connectivity index is 2.00. The van der Waals surface area contributed by atoms with Crippen LogP contribution in [0.1, 0.15) is 35.1 Å². The molecule has 1 aliphatic carbocycles. The maximum Gasteiger partial charge on any atom is 0.194 e. The van der Waals surface area contributed by atoms with Gasteiger partial charge in [-0.25, -0.2) is 18.2 Å². The number of aromatic nitrogens is 1. The molecule has 0 amide bonds. The molecule has 0 saturated heterocycles. The molecular weight excluding hydrogens is 285 g/mol. The molecule has 1 aliphatic rings. The van der Waals surface area contributed by atoms with Crippen molar-refractivity contribution < 1.29 is 13.2 Å². The van der Waals surface area contributed by atoms with E-state index >= 15 is 0 Å². The zero-order chi connectivity index (χ0) is 14.3. The third-order valence-electron chi connectivity index (χ3n) is 3.20. The van der Waals surface area contributed by atoms with E-state index in [2.05, 4.69) is 10.3 Å². The maximum absolute atomic E-state index is 13.4. The number of nitrogens with zero attached hydrogens (tertiary/aromatic N) is 1. The summed E-state index contributed by atoms with van der Waals surface area (Å²) in [6.45, 7) is 1.86. The van der Waals surface area contributed by atoms with Gasteiger partial charge in [-0.05, 0) is 37.5 Å². The van der Waals surface area contributed by atoms with Gasteiger partial charge in [-0.15, -0.1) is 11.3 Å². The van der Waals surface area contributed by atoms with Gasteiger partial charge < -0.3 is 5.32 Å². The number of thiazole rings is 1. The van der Waals surface area contributed by atoms with Crippen molar-refractivity contribution in [3.63, 3.8) is 0 Å². The molecule has 1 aromatic carbocycles. The molecule has 0 radical (unpaired) electrons. The highest BCUT2D eigenvalue weighted by Gasteiger charge is 2.29. The van der Waals surface area contributed by atoms with Crippen molar-refractivity contribution >= 4 is 11.3 Å². The molecule has 106 valence electrons. The highest BCUT2D eigenvalue weighted by atomic mass is 32.1. The van der Waals surface area contributed by atoms with Crippen LogP contribution < -0.4 is 5.32 Å². The molecule has 1 fully saturated rings. The Morgan fingerprint density at radius 3 is 2.40 bits per heavy atom.